The van der Waals surface area contributed by atoms with Gasteiger partial charge in [0, 0.05) is 23.7 Å². The van der Waals surface area contributed by atoms with E-state index in [9.17, 15) is 15.3 Å². The highest BCUT2D eigenvalue weighted by Gasteiger charge is 2.38. The molecule has 1 fully saturated rings. The predicted molar refractivity (Wildman–Crippen MR) is 89.6 cm³/mol. The predicted octanol–water partition coefficient (Wildman–Crippen LogP) is 1.94. The number of thioether (sulfide) groups is 1. The van der Waals surface area contributed by atoms with Crippen LogP contribution in [0.4, 0.5) is 0 Å². The van der Waals surface area contributed by atoms with Gasteiger partial charge < -0.3 is 20.1 Å². The zero-order valence-electron chi connectivity index (χ0n) is 12.0. The van der Waals surface area contributed by atoms with Crippen molar-refractivity contribution in [1.82, 2.24) is 4.98 Å². The Morgan fingerprint density at radius 1 is 1.13 bits per heavy atom. The lowest BCUT2D eigenvalue weighted by Crippen LogP contribution is -2.50. The summed E-state index contributed by atoms with van der Waals surface area (Å²) in [7, 11) is 0. The monoisotopic (exact) mass is 353 g/mol. The van der Waals surface area contributed by atoms with Gasteiger partial charge in [0.2, 0.25) is 0 Å². The fourth-order valence-electron chi connectivity index (χ4n) is 2.31. The van der Waals surface area contributed by atoms with E-state index in [0.29, 0.717) is 10.8 Å². The third-order valence-corrected chi connectivity index (χ3v) is 5.17. The van der Waals surface area contributed by atoms with Crippen LogP contribution in [0.2, 0.25) is 5.02 Å². The molecule has 5 nitrogen and oxygen atoms in total. The maximum Gasteiger partial charge on any atom is 0.173 e. The molecule has 1 aliphatic heterocycles. The van der Waals surface area contributed by atoms with E-state index in [2.05, 4.69) is 4.98 Å². The SMILES string of the molecule is O[C@@H]1[C@@H](O)[C@H](Oc2cc(-c3cccnc3)ccc2Cl)SC[C@H]1O. The van der Waals surface area contributed by atoms with E-state index in [1.165, 1.54) is 11.8 Å². The molecule has 1 aromatic carbocycles. The molecular formula is C16H16ClNO4S. The van der Waals surface area contributed by atoms with Gasteiger partial charge in [-0.2, -0.15) is 0 Å². The van der Waals surface area contributed by atoms with Crippen molar-refractivity contribution in [3.05, 3.63) is 47.7 Å². The fourth-order valence-corrected chi connectivity index (χ4v) is 3.59. The van der Waals surface area contributed by atoms with Gasteiger partial charge in [-0.25, -0.2) is 0 Å². The second-order valence-electron chi connectivity index (χ2n) is 5.26. The molecule has 3 N–H and O–H groups in total. The minimum absolute atomic E-state index is 0.281. The van der Waals surface area contributed by atoms with Crippen molar-refractivity contribution in [2.24, 2.45) is 0 Å². The number of aliphatic hydroxyl groups is 3. The average molecular weight is 354 g/mol. The highest BCUT2D eigenvalue weighted by Crippen LogP contribution is 2.35. The molecular weight excluding hydrogens is 338 g/mol. The van der Waals surface area contributed by atoms with Crippen LogP contribution in [-0.4, -0.2) is 49.8 Å². The number of rotatable bonds is 3. The Morgan fingerprint density at radius 3 is 2.70 bits per heavy atom. The summed E-state index contributed by atoms with van der Waals surface area (Å²) in [5.41, 5.74) is 1.10. The zero-order chi connectivity index (χ0) is 16.4. The van der Waals surface area contributed by atoms with Crippen LogP contribution in [0.5, 0.6) is 5.75 Å². The lowest BCUT2D eigenvalue weighted by atomic mass is 10.1. The molecule has 1 aliphatic rings. The van der Waals surface area contributed by atoms with Crippen LogP contribution in [0.3, 0.4) is 0 Å². The van der Waals surface area contributed by atoms with E-state index in [-0.39, 0.29) is 5.75 Å². The fraction of sp³-hybridized carbons (Fsp3) is 0.312. The van der Waals surface area contributed by atoms with E-state index in [1.807, 2.05) is 18.2 Å². The minimum atomic E-state index is -1.23. The lowest BCUT2D eigenvalue weighted by Gasteiger charge is -2.34. The van der Waals surface area contributed by atoms with Gasteiger partial charge in [0.15, 0.2) is 5.44 Å². The van der Waals surface area contributed by atoms with Crippen LogP contribution in [0.1, 0.15) is 0 Å². The second kappa shape index (κ2) is 7.07. The molecule has 1 aromatic heterocycles. The number of pyridine rings is 1. The number of halogens is 1. The van der Waals surface area contributed by atoms with Gasteiger partial charge >= 0.3 is 0 Å². The molecule has 1 saturated heterocycles. The van der Waals surface area contributed by atoms with Crippen molar-refractivity contribution < 1.29 is 20.1 Å². The summed E-state index contributed by atoms with van der Waals surface area (Å²) in [6, 6.07) is 9.09. The highest BCUT2D eigenvalue weighted by atomic mass is 35.5. The standard InChI is InChI=1S/C16H16ClNO4S/c17-11-4-3-9(10-2-1-5-18-7-10)6-13(11)22-16-15(21)14(20)12(19)8-23-16/h1-7,12,14-16,19-21H,8H2/t12-,14+,15-,16-/m1/s1. The molecule has 3 rings (SSSR count). The number of hydrogen-bond acceptors (Lipinski definition) is 6. The molecule has 7 heteroatoms. The largest absolute Gasteiger partial charge is 0.475 e. The van der Waals surface area contributed by atoms with Gasteiger partial charge in [-0.05, 0) is 23.8 Å². The van der Waals surface area contributed by atoms with Crippen molar-refractivity contribution in [1.29, 1.82) is 0 Å². The Hall–Kier alpha value is -1.31. The third kappa shape index (κ3) is 3.62. The molecule has 0 unspecified atom stereocenters. The van der Waals surface area contributed by atoms with Crippen LogP contribution < -0.4 is 4.74 Å². The molecule has 2 aromatic rings. The van der Waals surface area contributed by atoms with E-state index in [1.54, 1.807) is 24.5 Å². The average Bonchev–Trinajstić information content (AvgIpc) is 2.58. The number of aliphatic hydroxyl groups excluding tert-OH is 3. The number of hydrogen-bond donors (Lipinski definition) is 3. The van der Waals surface area contributed by atoms with E-state index < -0.39 is 23.7 Å². The maximum atomic E-state index is 10.0. The summed E-state index contributed by atoms with van der Waals surface area (Å²) >= 11 is 7.41. The van der Waals surface area contributed by atoms with Crippen molar-refractivity contribution in [2.75, 3.05) is 5.75 Å². The van der Waals surface area contributed by atoms with Gasteiger partial charge in [-0.1, -0.05) is 23.7 Å². The summed E-state index contributed by atoms with van der Waals surface area (Å²) in [4.78, 5) is 4.08. The molecule has 0 amide bonds. The van der Waals surface area contributed by atoms with E-state index in [4.69, 9.17) is 16.3 Å². The number of ether oxygens (including phenoxy) is 1. The molecule has 4 atom stereocenters. The van der Waals surface area contributed by atoms with Crippen molar-refractivity contribution in [2.45, 2.75) is 23.7 Å². The molecule has 122 valence electrons. The molecule has 0 radical (unpaired) electrons. The molecule has 0 aliphatic carbocycles. The third-order valence-electron chi connectivity index (χ3n) is 3.62. The van der Waals surface area contributed by atoms with E-state index in [0.717, 1.165) is 11.1 Å². The second-order valence-corrected chi connectivity index (χ2v) is 6.79. The first-order valence-corrected chi connectivity index (χ1v) is 8.51. The summed E-state index contributed by atoms with van der Waals surface area (Å²) in [5, 5.41) is 29.8. The van der Waals surface area contributed by atoms with Crippen LogP contribution in [-0.2, 0) is 0 Å². The highest BCUT2D eigenvalue weighted by molar-refractivity contribution is 7.99. The first-order valence-electron chi connectivity index (χ1n) is 7.08. The number of nitrogens with zero attached hydrogens (tertiary/aromatic N) is 1. The van der Waals surface area contributed by atoms with Crippen molar-refractivity contribution in [3.8, 4) is 16.9 Å². The molecule has 23 heavy (non-hydrogen) atoms. The summed E-state index contributed by atoms with van der Waals surface area (Å²) < 4.78 is 5.77. The maximum absolute atomic E-state index is 10.0. The number of aromatic nitrogens is 1. The molecule has 2 heterocycles. The van der Waals surface area contributed by atoms with E-state index >= 15 is 0 Å². The first kappa shape index (κ1) is 16.5. The summed E-state index contributed by atoms with van der Waals surface area (Å²) in [6.45, 7) is 0. The van der Waals surface area contributed by atoms with Gasteiger partial charge in [0.25, 0.3) is 0 Å². The number of benzene rings is 1. The van der Waals surface area contributed by atoms with Crippen LogP contribution in [0.25, 0.3) is 11.1 Å². The topological polar surface area (TPSA) is 82.8 Å². The lowest BCUT2D eigenvalue weighted by molar-refractivity contribution is -0.0785. The Balaban J connectivity index is 1.83. The van der Waals surface area contributed by atoms with Crippen molar-refractivity contribution >= 4 is 23.4 Å². The Kier molecular flexibility index (Phi) is 5.08. The Labute approximate surface area is 142 Å². The Morgan fingerprint density at radius 2 is 1.96 bits per heavy atom. The Bertz CT molecular complexity index is 672. The quantitative estimate of drug-likeness (QED) is 0.782. The smallest absolute Gasteiger partial charge is 0.173 e. The molecule has 0 bridgehead atoms. The van der Waals surface area contributed by atoms with Gasteiger partial charge in [-0.15, -0.1) is 11.8 Å². The minimum Gasteiger partial charge on any atom is -0.475 e. The van der Waals surface area contributed by atoms with Crippen LogP contribution in [0.15, 0.2) is 42.7 Å². The van der Waals surface area contributed by atoms with Gasteiger partial charge in [0.05, 0.1) is 11.1 Å². The normalized spacial score (nSPS) is 27.7. The van der Waals surface area contributed by atoms with Crippen LogP contribution >= 0.6 is 23.4 Å². The first-order chi connectivity index (χ1) is 11.1. The molecule has 0 saturated carbocycles. The zero-order valence-corrected chi connectivity index (χ0v) is 13.6. The summed E-state index contributed by atoms with van der Waals surface area (Å²) in [5.74, 6) is 0.691. The van der Waals surface area contributed by atoms with Gasteiger partial charge in [-0.3, -0.25) is 4.98 Å². The van der Waals surface area contributed by atoms with Crippen molar-refractivity contribution in [3.63, 3.8) is 0 Å². The van der Waals surface area contributed by atoms with Crippen LogP contribution in [0, 0.1) is 0 Å². The summed E-state index contributed by atoms with van der Waals surface area (Å²) in [6.07, 6.45) is 0.0334. The molecule has 0 spiro atoms. The van der Waals surface area contributed by atoms with Gasteiger partial charge in [0.1, 0.15) is 18.0 Å².